The average molecular weight is 226 g/mol. The van der Waals surface area contributed by atoms with Crippen molar-refractivity contribution in [3.8, 4) is 0 Å². The molecular formula is C14H30N2. The summed E-state index contributed by atoms with van der Waals surface area (Å²) in [5, 5.41) is 0. The fourth-order valence-electron chi connectivity index (χ4n) is 2.77. The van der Waals surface area contributed by atoms with Crippen molar-refractivity contribution in [2.45, 2.75) is 65.3 Å². The molecule has 0 aromatic carbocycles. The maximum Gasteiger partial charge on any atom is 0.00669 e. The SMILES string of the molecule is CC1CCCCN1CCCC(C)(C)CCN. The van der Waals surface area contributed by atoms with Gasteiger partial charge in [-0.3, -0.25) is 0 Å². The first-order chi connectivity index (χ1) is 7.55. The van der Waals surface area contributed by atoms with Crippen LogP contribution in [0.5, 0.6) is 0 Å². The van der Waals surface area contributed by atoms with Gasteiger partial charge in [0.2, 0.25) is 0 Å². The predicted molar refractivity (Wildman–Crippen MR) is 71.6 cm³/mol. The second-order valence-electron chi connectivity index (χ2n) is 6.19. The molecule has 1 atom stereocenters. The van der Waals surface area contributed by atoms with E-state index in [2.05, 4.69) is 25.7 Å². The molecular weight excluding hydrogens is 196 g/mol. The van der Waals surface area contributed by atoms with Gasteiger partial charge in [0.1, 0.15) is 0 Å². The molecule has 2 heteroatoms. The maximum absolute atomic E-state index is 5.64. The van der Waals surface area contributed by atoms with Gasteiger partial charge in [-0.25, -0.2) is 0 Å². The van der Waals surface area contributed by atoms with Crippen LogP contribution in [0.4, 0.5) is 0 Å². The fraction of sp³-hybridized carbons (Fsp3) is 1.00. The molecule has 0 saturated carbocycles. The van der Waals surface area contributed by atoms with Gasteiger partial charge in [-0.15, -0.1) is 0 Å². The van der Waals surface area contributed by atoms with Crippen LogP contribution < -0.4 is 5.73 Å². The highest BCUT2D eigenvalue weighted by Gasteiger charge is 2.20. The summed E-state index contributed by atoms with van der Waals surface area (Å²) in [7, 11) is 0. The molecule has 1 aliphatic heterocycles. The normalized spacial score (nSPS) is 23.6. The van der Waals surface area contributed by atoms with Crippen molar-refractivity contribution in [2.24, 2.45) is 11.1 Å². The molecule has 0 aromatic heterocycles. The highest BCUT2D eigenvalue weighted by Crippen LogP contribution is 2.26. The largest absolute Gasteiger partial charge is 0.330 e. The lowest BCUT2D eigenvalue weighted by atomic mass is 9.84. The number of piperidine rings is 1. The van der Waals surface area contributed by atoms with E-state index in [1.165, 1.54) is 45.2 Å². The first-order valence-corrected chi connectivity index (χ1v) is 6.99. The lowest BCUT2D eigenvalue weighted by molar-refractivity contribution is 0.149. The van der Waals surface area contributed by atoms with E-state index in [9.17, 15) is 0 Å². The molecule has 0 bridgehead atoms. The predicted octanol–water partition coefficient (Wildman–Crippen LogP) is 3.02. The van der Waals surface area contributed by atoms with Crippen molar-refractivity contribution in [3.63, 3.8) is 0 Å². The van der Waals surface area contributed by atoms with Crippen LogP contribution in [0, 0.1) is 5.41 Å². The Hall–Kier alpha value is -0.0800. The number of nitrogens with two attached hydrogens (primary N) is 1. The fourth-order valence-corrected chi connectivity index (χ4v) is 2.77. The molecule has 1 rings (SSSR count). The lowest BCUT2D eigenvalue weighted by Gasteiger charge is -2.34. The zero-order chi connectivity index (χ0) is 12.0. The Bertz CT molecular complexity index is 189. The third-order valence-electron chi connectivity index (χ3n) is 4.06. The van der Waals surface area contributed by atoms with E-state index in [0.29, 0.717) is 5.41 Å². The van der Waals surface area contributed by atoms with Gasteiger partial charge >= 0.3 is 0 Å². The molecule has 0 spiro atoms. The first-order valence-electron chi connectivity index (χ1n) is 6.99. The Kier molecular flexibility index (Phi) is 5.77. The molecule has 1 saturated heterocycles. The van der Waals surface area contributed by atoms with Crippen LogP contribution in [0.2, 0.25) is 0 Å². The molecule has 1 aliphatic rings. The molecule has 2 nitrogen and oxygen atoms in total. The summed E-state index contributed by atoms with van der Waals surface area (Å²) in [6, 6.07) is 0.811. The van der Waals surface area contributed by atoms with E-state index >= 15 is 0 Å². The Morgan fingerprint density at radius 1 is 1.25 bits per heavy atom. The summed E-state index contributed by atoms with van der Waals surface area (Å²) in [4.78, 5) is 2.67. The van der Waals surface area contributed by atoms with E-state index in [-0.39, 0.29) is 0 Å². The van der Waals surface area contributed by atoms with E-state index in [0.717, 1.165) is 19.0 Å². The van der Waals surface area contributed by atoms with Gasteiger partial charge in [-0.05, 0) is 64.1 Å². The number of hydrogen-bond donors (Lipinski definition) is 1. The molecule has 1 fully saturated rings. The summed E-state index contributed by atoms with van der Waals surface area (Å²) in [5.41, 5.74) is 6.08. The van der Waals surface area contributed by atoms with Gasteiger partial charge in [-0.2, -0.15) is 0 Å². The molecule has 1 unspecified atom stereocenters. The first kappa shape index (κ1) is 14.0. The van der Waals surface area contributed by atoms with Crippen LogP contribution in [0.1, 0.15) is 59.3 Å². The Morgan fingerprint density at radius 2 is 2.00 bits per heavy atom. The molecule has 0 radical (unpaired) electrons. The number of nitrogens with zero attached hydrogens (tertiary/aromatic N) is 1. The molecule has 0 amide bonds. The van der Waals surface area contributed by atoms with Gasteiger partial charge in [-0.1, -0.05) is 20.3 Å². The minimum absolute atomic E-state index is 0.438. The Balaban J connectivity index is 2.18. The molecule has 96 valence electrons. The number of likely N-dealkylation sites (tertiary alicyclic amines) is 1. The zero-order valence-corrected chi connectivity index (χ0v) is 11.5. The number of rotatable bonds is 6. The highest BCUT2D eigenvalue weighted by molar-refractivity contribution is 4.75. The molecule has 16 heavy (non-hydrogen) atoms. The van der Waals surface area contributed by atoms with E-state index in [1.807, 2.05) is 0 Å². The maximum atomic E-state index is 5.64. The van der Waals surface area contributed by atoms with Crippen molar-refractivity contribution in [1.82, 2.24) is 4.90 Å². The van der Waals surface area contributed by atoms with Crippen molar-refractivity contribution in [3.05, 3.63) is 0 Å². The van der Waals surface area contributed by atoms with E-state index in [4.69, 9.17) is 5.73 Å². The third kappa shape index (κ3) is 4.84. The van der Waals surface area contributed by atoms with Crippen molar-refractivity contribution in [2.75, 3.05) is 19.6 Å². The van der Waals surface area contributed by atoms with Gasteiger partial charge < -0.3 is 10.6 Å². The van der Waals surface area contributed by atoms with Gasteiger partial charge in [0.05, 0.1) is 0 Å². The van der Waals surface area contributed by atoms with Gasteiger partial charge in [0.25, 0.3) is 0 Å². The average Bonchev–Trinajstić information content (AvgIpc) is 2.20. The van der Waals surface area contributed by atoms with Crippen LogP contribution >= 0.6 is 0 Å². The zero-order valence-electron chi connectivity index (χ0n) is 11.5. The van der Waals surface area contributed by atoms with Gasteiger partial charge in [0.15, 0.2) is 0 Å². The molecule has 0 aliphatic carbocycles. The minimum atomic E-state index is 0.438. The minimum Gasteiger partial charge on any atom is -0.330 e. The monoisotopic (exact) mass is 226 g/mol. The van der Waals surface area contributed by atoms with Crippen LogP contribution in [-0.2, 0) is 0 Å². The van der Waals surface area contributed by atoms with Crippen molar-refractivity contribution >= 4 is 0 Å². The van der Waals surface area contributed by atoms with Crippen LogP contribution in [0.3, 0.4) is 0 Å². The standard InChI is InChI=1S/C14H30N2/c1-13-7-4-5-11-16(13)12-6-8-14(2,3)9-10-15/h13H,4-12,15H2,1-3H3. The van der Waals surface area contributed by atoms with E-state index < -0.39 is 0 Å². The highest BCUT2D eigenvalue weighted by atomic mass is 15.1. The molecule has 2 N–H and O–H groups in total. The smallest absolute Gasteiger partial charge is 0.00669 e. The second-order valence-corrected chi connectivity index (χ2v) is 6.19. The quantitative estimate of drug-likeness (QED) is 0.754. The summed E-state index contributed by atoms with van der Waals surface area (Å²) < 4.78 is 0. The Morgan fingerprint density at radius 3 is 2.62 bits per heavy atom. The van der Waals surface area contributed by atoms with Gasteiger partial charge in [0, 0.05) is 6.04 Å². The summed E-state index contributed by atoms with van der Waals surface area (Å²) >= 11 is 0. The topological polar surface area (TPSA) is 29.3 Å². The molecule has 1 heterocycles. The van der Waals surface area contributed by atoms with Crippen LogP contribution in [0.25, 0.3) is 0 Å². The summed E-state index contributed by atoms with van der Waals surface area (Å²) in [6.45, 7) is 10.5. The lowest BCUT2D eigenvalue weighted by Crippen LogP contribution is -2.38. The van der Waals surface area contributed by atoms with E-state index in [1.54, 1.807) is 0 Å². The van der Waals surface area contributed by atoms with Crippen molar-refractivity contribution in [1.29, 1.82) is 0 Å². The molecule has 0 aromatic rings. The third-order valence-corrected chi connectivity index (χ3v) is 4.06. The second kappa shape index (κ2) is 6.61. The Labute approximate surface area is 102 Å². The summed E-state index contributed by atoms with van der Waals surface area (Å²) in [5.74, 6) is 0. The van der Waals surface area contributed by atoms with Crippen LogP contribution in [-0.4, -0.2) is 30.6 Å². The van der Waals surface area contributed by atoms with Crippen molar-refractivity contribution < 1.29 is 0 Å². The number of hydrogen-bond acceptors (Lipinski definition) is 2. The van der Waals surface area contributed by atoms with Crippen LogP contribution in [0.15, 0.2) is 0 Å². The summed E-state index contributed by atoms with van der Waals surface area (Å²) in [6.07, 6.45) is 8.02.